The number of hydrogen-bond acceptors (Lipinski definition) is 6. The first-order chi connectivity index (χ1) is 12.3. The molecule has 6 nitrogen and oxygen atoms in total. The molecule has 1 atom stereocenters. The van der Waals surface area contributed by atoms with E-state index in [1.807, 2.05) is 24.3 Å². The summed E-state index contributed by atoms with van der Waals surface area (Å²) in [5.41, 5.74) is 4.01. The molecule has 6 heteroatoms. The summed E-state index contributed by atoms with van der Waals surface area (Å²) in [4.78, 5) is 4.88. The Balaban J connectivity index is 1.49. The van der Waals surface area contributed by atoms with E-state index >= 15 is 0 Å². The molecule has 1 aliphatic rings. The second-order valence-electron chi connectivity index (χ2n) is 6.49. The zero-order chi connectivity index (χ0) is 17.2. The standard InChI is InChI=1S/C19H22N4O2/c1-14-12-23(17-8-3-4-9-18(17)24-2)11-10-22(14)13-15-6-5-7-16-19(15)21-25-20-16/h3-9,14H,10-13H2,1-2H3/t14-/m0/s1. The highest BCUT2D eigenvalue weighted by molar-refractivity contribution is 5.76. The van der Waals surface area contributed by atoms with Gasteiger partial charge in [-0.1, -0.05) is 24.3 Å². The van der Waals surface area contributed by atoms with Crippen LogP contribution in [0.25, 0.3) is 11.0 Å². The first-order valence-electron chi connectivity index (χ1n) is 8.58. The predicted octanol–water partition coefficient (Wildman–Crippen LogP) is 2.94. The number of methoxy groups -OCH3 is 1. The Labute approximate surface area is 146 Å². The maximum atomic E-state index is 5.51. The first kappa shape index (κ1) is 15.9. The second kappa shape index (κ2) is 6.72. The van der Waals surface area contributed by atoms with E-state index in [2.05, 4.69) is 45.2 Å². The van der Waals surface area contributed by atoms with Crippen LogP contribution in [-0.2, 0) is 6.54 Å². The highest BCUT2D eigenvalue weighted by atomic mass is 16.6. The Morgan fingerprint density at radius 3 is 2.84 bits per heavy atom. The van der Waals surface area contributed by atoms with Gasteiger partial charge in [-0.2, -0.15) is 0 Å². The molecule has 0 bridgehead atoms. The predicted molar refractivity (Wildman–Crippen MR) is 96.9 cm³/mol. The molecule has 0 saturated carbocycles. The van der Waals surface area contributed by atoms with Crippen molar-refractivity contribution in [1.82, 2.24) is 15.2 Å². The third kappa shape index (κ3) is 3.05. The van der Waals surface area contributed by atoms with Gasteiger partial charge in [0.2, 0.25) is 0 Å². The van der Waals surface area contributed by atoms with Crippen LogP contribution in [0.4, 0.5) is 5.69 Å². The highest BCUT2D eigenvalue weighted by Crippen LogP contribution is 2.30. The average Bonchev–Trinajstić information content (AvgIpc) is 3.13. The quantitative estimate of drug-likeness (QED) is 0.729. The highest BCUT2D eigenvalue weighted by Gasteiger charge is 2.26. The molecular weight excluding hydrogens is 316 g/mol. The SMILES string of the molecule is COc1ccccc1N1CCN(Cc2cccc3nonc23)[C@@H](C)C1. The van der Waals surface area contributed by atoms with E-state index < -0.39 is 0 Å². The molecule has 25 heavy (non-hydrogen) atoms. The van der Waals surface area contributed by atoms with Crippen LogP contribution in [0.1, 0.15) is 12.5 Å². The topological polar surface area (TPSA) is 54.6 Å². The molecule has 1 fully saturated rings. The molecule has 0 spiro atoms. The van der Waals surface area contributed by atoms with Crippen molar-refractivity contribution in [3.8, 4) is 5.75 Å². The zero-order valence-corrected chi connectivity index (χ0v) is 14.6. The third-order valence-electron chi connectivity index (χ3n) is 4.93. The normalized spacial score (nSPS) is 18.6. The number of hydrogen-bond donors (Lipinski definition) is 0. The van der Waals surface area contributed by atoms with Crippen LogP contribution < -0.4 is 9.64 Å². The fraction of sp³-hybridized carbons (Fsp3) is 0.368. The first-order valence-corrected chi connectivity index (χ1v) is 8.58. The molecule has 0 unspecified atom stereocenters. The van der Waals surface area contributed by atoms with Crippen molar-refractivity contribution >= 4 is 16.7 Å². The third-order valence-corrected chi connectivity index (χ3v) is 4.93. The number of benzene rings is 2. The van der Waals surface area contributed by atoms with Crippen molar-refractivity contribution in [3.05, 3.63) is 48.0 Å². The molecule has 130 valence electrons. The zero-order valence-electron chi connectivity index (χ0n) is 14.6. The van der Waals surface area contributed by atoms with E-state index in [0.29, 0.717) is 6.04 Å². The molecule has 2 heterocycles. The van der Waals surface area contributed by atoms with Gasteiger partial charge in [0, 0.05) is 32.2 Å². The van der Waals surface area contributed by atoms with Gasteiger partial charge in [0.1, 0.15) is 16.8 Å². The Bertz CT molecular complexity index is 863. The summed E-state index contributed by atoms with van der Waals surface area (Å²) in [6, 6.07) is 14.7. The molecule has 0 radical (unpaired) electrons. The van der Waals surface area contributed by atoms with Crippen molar-refractivity contribution in [1.29, 1.82) is 0 Å². The lowest BCUT2D eigenvalue weighted by Crippen LogP contribution is -2.51. The molecule has 1 aliphatic heterocycles. The van der Waals surface area contributed by atoms with Crippen LogP contribution >= 0.6 is 0 Å². The Morgan fingerprint density at radius 1 is 1.12 bits per heavy atom. The molecule has 4 rings (SSSR count). The molecule has 2 aromatic carbocycles. The van der Waals surface area contributed by atoms with Gasteiger partial charge in [0.15, 0.2) is 0 Å². The largest absolute Gasteiger partial charge is 0.495 e. The summed E-state index contributed by atoms with van der Waals surface area (Å²) >= 11 is 0. The van der Waals surface area contributed by atoms with Gasteiger partial charge < -0.3 is 9.64 Å². The van der Waals surface area contributed by atoms with Gasteiger partial charge in [-0.05, 0) is 41.0 Å². The van der Waals surface area contributed by atoms with Gasteiger partial charge in [0.05, 0.1) is 12.8 Å². The summed E-state index contributed by atoms with van der Waals surface area (Å²) in [6.07, 6.45) is 0. The number of nitrogens with zero attached hydrogens (tertiary/aromatic N) is 4. The minimum atomic E-state index is 0.425. The minimum absolute atomic E-state index is 0.425. The van der Waals surface area contributed by atoms with E-state index in [1.54, 1.807) is 7.11 Å². The number of piperazine rings is 1. The average molecular weight is 338 g/mol. The molecule has 1 saturated heterocycles. The number of fused-ring (bicyclic) bond motifs is 1. The summed E-state index contributed by atoms with van der Waals surface area (Å²) in [5.74, 6) is 0.932. The molecule has 0 aliphatic carbocycles. The summed E-state index contributed by atoms with van der Waals surface area (Å²) < 4.78 is 10.4. The van der Waals surface area contributed by atoms with E-state index in [1.165, 1.54) is 5.69 Å². The Morgan fingerprint density at radius 2 is 2.00 bits per heavy atom. The fourth-order valence-electron chi connectivity index (χ4n) is 3.55. The van der Waals surface area contributed by atoms with Crippen LogP contribution in [0.3, 0.4) is 0 Å². The number of aromatic nitrogens is 2. The Kier molecular flexibility index (Phi) is 4.28. The van der Waals surface area contributed by atoms with Crippen LogP contribution in [0.5, 0.6) is 5.75 Å². The van der Waals surface area contributed by atoms with Crippen LogP contribution in [0.2, 0.25) is 0 Å². The fourth-order valence-corrected chi connectivity index (χ4v) is 3.55. The number of anilines is 1. The van der Waals surface area contributed by atoms with Gasteiger partial charge >= 0.3 is 0 Å². The maximum absolute atomic E-state index is 5.51. The summed E-state index contributed by atoms with van der Waals surface area (Å²) in [7, 11) is 1.73. The van der Waals surface area contributed by atoms with Crippen molar-refractivity contribution < 1.29 is 9.37 Å². The number of para-hydroxylation sites is 2. The van der Waals surface area contributed by atoms with Crippen molar-refractivity contribution in [2.45, 2.75) is 19.5 Å². The van der Waals surface area contributed by atoms with E-state index in [0.717, 1.165) is 48.5 Å². The smallest absolute Gasteiger partial charge is 0.142 e. The molecule has 3 aromatic rings. The van der Waals surface area contributed by atoms with Crippen molar-refractivity contribution in [3.63, 3.8) is 0 Å². The molecule has 0 amide bonds. The minimum Gasteiger partial charge on any atom is -0.495 e. The summed E-state index contributed by atoms with van der Waals surface area (Å²) in [5, 5.41) is 7.99. The molecule has 1 aromatic heterocycles. The van der Waals surface area contributed by atoms with Gasteiger partial charge in [-0.3, -0.25) is 4.90 Å². The van der Waals surface area contributed by atoms with Crippen molar-refractivity contribution in [2.75, 3.05) is 31.6 Å². The van der Waals surface area contributed by atoms with Gasteiger partial charge in [-0.25, -0.2) is 4.63 Å². The monoisotopic (exact) mass is 338 g/mol. The Hall–Kier alpha value is -2.60. The van der Waals surface area contributed by atoms with E-state index in [-0.39, 0.29) is 0 Å². The van der Waals surface area contributed by atoms with Crippen LogP contribution in [0.15, 0.2) is 47.1 Å². The van der Waals surface area contributed by atoms with Crippen LogP contribution in [0, 0.1) is 0 Å². The van der Waals surface area contributed by atoms with E-state index in [4.69, 9.17) is 9.37 Å². The van der Waals surface area contributed by atoms with Crippen LogP contribution in [-0.4, -0.2) is 48.0 Å². The number of rotatable bonds is 4. The van der Waals surface area contributed by atoms with Crippen molar-refractivity contribution in [2.24, 2.45) is 0 Å². The lowest BCUT2D eigenvalue weighted by molar-refractivity contribution is 0.181. The molecule has 0 N–H and O–H groups in total. The lowest BCUT2D eigenvalue weighted by Gasteiger charge is -2.41. The lowest BCUT2D eigenvalue weighted by atomic mass is 10.1. The van der Waals surface area contributed by atoms with Gasteiger partial charge in [0.25, 0.3) is 0 Å². The van der Waals surface area contributed by atoms with E-state index in [9.17, 15) is 0 Å². The maximum Gasteiger partial charge on any atom is 0.142 e. The molecular formula is C19H22N4O2. The summed E-state index contributed by atoms with van der Waals surface area (Å²) in [6.45, 7) is 6.04. The second-order valence-corrected chi connectivity index (χ2v) is 6.49. The van der Waals surface area contributed by atoms with Gasteiger partial charge in [-0.15, -0.1) is 0 Å². The number of ether oxygens (including phenoxy) is 1.